The van der Waals surface area contributed by atoms with Crippen molar-refractivity contribution < 1.29 is 19.2 Å². The lowest BCUT2D eigenvalue weighted by atomic mass is 9.71. The Kier molecular flexibility index (Phi) is 4.52. The van der Waals surface area contributed by atoms with Crippen LogP contribution in [0.1, 0.15) is 36.1 Å². The number of anilines is 2. The molecule has 0 spiro atoms. The maximum atomic E-state index is 13.5. The van der Waals surface area contributed by atoms with Gasteiger partial charge in [-0.15, -0.1) is 0 Å². The molecule has 1 aromatic heterocycles. The highest BCUT2D eigenvalue weighted by molar-refractivity contribution is 6.24. The summed E-state index contributed by atoms with van der Waals surface area (Å²) >= 11 is 0. The standard InChI is InChI=1S/C26H22N4O4/c1-28-14-27-22-17(18-13-20(31)29(24(18)32)15-8-4-2-5-9-15)12-19-21(23(22)28)26(34)30(25(19)33)16-10-6-3-7-11-16/h2-11,14,17-19,21H,12-13H2,1H3/t17-,18+,19-,21-/m0/s1. The summed E-state index contributed by atoms with van der Waals surface area (Å²) in [4.78, 5) is 60.4. The molecule has 3 aliphatic rings. The minimum Gasteiger partial charge on any atom is -0.337 e. The predicted octanol–water partition coefficient (Wildman–Crippen LogP) is 2.76. The van der Waals surface area contributed by atoms with Crippen LogP contribution >= 0.6 is 0 Å². The van der Waals surface area contributed by atoms with Gasteiger partial charge in [0.25, 0.3) is 0 Å². The van der Waals surface area contributed by atoms with E-state index in [0.29, 0.717) is 29.2 Å². The second kappa shape index (κ2) is 7.48. The molecule has 0 saturated carbocycles. The van der Waals surface area contributed by atoms with Gasteiger partial charge in [-0.3, -0.25) is 24.1 Å². The molecule has 8 heteroatoms. The summed E-state index contributed by atoms with van der Waals surface area (Å²) in [5.41, 5.74) is 2.38. The summed E-state index contributed by atoms with van der Waals surface area (Å²) in [6.45, 7) is 0. The lowest BCUT2D eigenvalue weighted by molar-refractivity contribution is -0.125. The van der Waals surface area contributed by atoms with Crippen LogP contribution < -0.4 is 9.80 Å². The van der Waals surface area contributed by atoms with Gasteiger partial charge in [-0.1, -0.05) is 36.4 Å². The van der Waals surface area contributed by atoms with Crippen LogP contribution in [0.2, 0.25) is 0 Å². The molecule has 8 nitrogen and oxygen atoms in total. The van der Waals surface area contributed by atoms with Crippen molar-refractivity contribution in [2.75, 3.05) is 9.80 Å². The van der Waals surface area contributed by atoms with Crippen molar-refractivity contribution in [3.63, 3.8) is 0 Å². The molecule has 6 rings (SSSR count). The number of benzene rings is 2. The van der Waals surface area contributed by atoms with Crippen LogP contribution in [-0.2, 0) is 26.2 Å². The maximum Gasteiger partial charge on any atom is 0.243 e. The fourth-order valence-corrected chi connectivity index (χ4v) is 5.78. The Hall–Kier alpha value is -4.07. The predicted molar refractivity (Wildman–Crippen MR) is 123 cm³/mol. The number of fused-ring (bicyclic) bond motifs is 3. The molecule has 2 aromatic carbocycles. The molecule has 2 aliphatic heterocycles. The first-order valence-corrected chi connectivity index (χ1v) is 11.3. The van der Waals surface area contributed by atoms with Crippen molar-refractivity contribution in [2.45, 2.75) is 24.7 Å². The van der Waals surface area contributed by atoms with Gasteiger partial charge in [0.2, 0.25) is 23.6 Å². The van der Waals surface area contributed by atoms with E-state index in [-0.39, 0.29) is 30.0 Å². The molecule has 3 aromatic rings. The first kappa shape index (κ1) is 20.5. The lowest BCUT2D eigenvalue weighted by Crippen LogP contribution is -2.35. The molecule has 0 N–H and O–H groups in total. The number of imidazole rings is 1. The SMILES string of the molecule is Cn1cnc2c1[C@H]1C(=O)N(c3ccccc3)C(=O)[C@H]1C[C@H]2[C@H]1CC(=O)N(c2ccccc2)C1=O. The summed E-state index contributed by atoms with van der Waals surface area (Å²) in [5, 5.41) is 0. The van der Waals surface area contributed by atoms with Crippen molar-refractivity contribution in [3.8, 4) is 0 Å². The first-order valence-electron chi connectivity index (χ1n) is 11.3. The molecule has 3 heterocycles. The van der Waals surface area contributed by atoms with Crippen LogP contribution in [0, 0.1) is 11.8 Å². The monoisotopic (exact) mass is 454 g/mol. The van der Waals surface area contributed by atoms with Gasteiger partial charge in [0.05, 0.1) is 46.8 Å². The van der Waals surface area contributed by atoms with E-state index in [1.807, 2.05) is 12.1 Å². The zero-order valence-electron chi connectivity index (χ0n) is 18.5. The molecule has 4 atom stereocenters. The van der Waals surface area contributed by atoms with E-state index < -0.39 is 23.7 Å². The third-order valence-corrected chi connectivity index (χ3v) is 7.29. The van der Waals surface area contributed by atoms with Gasteiger partial charge in [0.15, 0.2) is 0 Å². The topological polar surface area (TPSA) is 92.6 Å². The Morgan fingerprint density at radius 1 is 0.735 bits per heavy atom. The summed E-state index contributed by atoms with van der Waals surface area (Å²) < 4.78 is 1.77. The summed E-state index contributed by atoms with van der Waals surface area (Å²) in [7, 11) is 1.80. The van der Waals surface area contributed by atoms with Crippen molar-refractivity contribution in [1.29, 1.82) is 0 Å². The van der Waals surface area contributed by atoms with Gasteiger partial charge >= 0.3 is 0 Å². The van der Waals surface area contributed by atoms with E-state index in [9.17, 15) is 19.2 Å². The fourth-order valence-electron chi connectivity index (χ4n) is 5.78. The second-order valence-corrected chi connectivity index (χ2v) is 9.11. The highest BCUT2D eigenvalue weighted by Crippen LogP contribution is 2.52. The number of aryl methyl sites for hydroxylation is 1. The zero-order chi connectivity index (χ0) is 23.6. The van der Waals surface area contributed by atoms with Crippen LogP contribution in [0.4, 0.5) is 11.4 Å². The normalized spacial score (nSPS) is 26.3. The smallest absolute Gasteiger partial charge is 0.243 e. The minimum atomic E-state index is -0.649. The number of carbonyl (C=O) groups is 4. The molecule has 2 saturated heterocycles. The first-order chi connectivity index (χ1) is 16.5. The van der Waals surface area contributed by atoms with Crippen molar-refractivity contribution >= 4 is 35.0 Å². The Morgan fingerprint density at radius 3 is 1.97 bits per heavy atom. The Bertz CT molecular complexity index is 1330. The Labute approximate surface area is 195 Å². The maximum absolute atomic E-state index is 13.5. The largest absolute Gasteiger partial charge is 0.337 e. The molecule has 2 fully saturated rings. The van der Waals surface area contributed by atoms with Crippen molar-refractivity contribution in [3.05, 3.63) is 78.4 Å². The van der Waals surface area contributed by atoms with Gasteiger partial charge in [0.1, 0.15) is 0 Å². The van der Waals surface area contributed by atoms with Crippen molar-refractivity contribution in [1.82, 2.24) is 9.55 Å². The number of aromatic nitrogens is 2. The number of rotatable bonds is 3. The van der Waals surface area contributed by atoms with E-state index in [1.54, 1.807) is 66.5 Å². The number of nitrogens with zero attached hydrogens (tertiary/aromatic N) is 4. The number of carbonyl (C=O) groups excluding carboxylic acids is 4. The number of amides is 4. The van der Waals surface area contributed by atoms with E-state index in [0.717, 1.165) is 0 Å². The third kappa shape index (κ3) is 2.81. The summed E-state index contributed by atoms with van der Waals surface area (Å²) in [6.07, 6.45) is 1.98. The van der Waals surface area contributed by atoms with Crippen LogP contribution in [0.15, 0.2) is 67.0 Å². The van der Waals surface area contributed by atoms with E-state index in [4.69, 9.17) is 0 Å². The average Bonchev–Trinajstić information content (AvgIpc) is 3.46. The molecule has 4 amide bonds. The van der Waals surface area contributed by atoms with Gasteiger partial charge in [-0.05, 0) is 30.7 Å². The molecular formula is C26H22N4O4. The van der Waals surface area contributed by atoms with Gasteiger partial charge in [0, 0.05) is 19.4 Å². The average molecular weight is 454 g/mol. The Balaban J connectivity index is 1.39. The number of para-hydroxylation sites is 2. The lowest BCUT2D eigenvalue weighted by Gasteiger charge is -2.31. The van der Waals surface area contributed by atoms with Crippen molar-refractivity contribution in [2.24, 2.45) is 18.9 Å². The number of hydrogen-bond acceptors (Lipinski definition) is 5. The van der Waals surface area contributed by atoms with Crippen LogP contribution in [0.5, 0.6) is 0 Å². The highest BCUT2D eigenvalue weighted by atomic mass is 16.2. The molecule has 34 heavy (non-hydrogen) atoms. The van der Waals surface area contributed by atoms with Crippen LogP contribution in [-0.4, -0.2) is 33.2 Å². The number of hydrogen-bond donors (Lipinski definition) is 0. The summed E-state index contributed by atoms with van der Waals surface area (Å²) in [5.74, 6) is -3.39. The molecular weight excluding hydrogens is 432 g/mol. The second-order valence-electron chi connectivity index (χ2n) is 9.11. The molecule has 0 unspecified atom stereocenters. The molecule has 1 aliphatic carbocycles. The van der Waals surface area contributed by atoms with E-state index in [1.165, 1.54) is 9.80 Å². The molecule has 0 bridgehead atoms. The van der Waals surface area contributed by atoms with Gasteiger partial charge < -0.3 is 4.57 Å². The summed E-state index contributed by atoms with van der Waals surface area (Å²) in [6, 6.07) is 17.8. The zero-order valence-corrected chi connectivity index (χ0v) is 18.5. The molecule has 170 valence electrons. The Morgan fingerprint density at radius 2 is 1.32 bits per heavy atom. The highest BCUT2D eigenvalue weighted by Gasteiger charge is 2.57. The molecule has 0 radical (unpaired) electrons. The number of imide groups is 2. The fraction of sp³-hybridized carbons (Fsp3) is 0.269. The van der Waals surface area contributed by atoms with Gasteiger partial charge in [-0.25, -0.2) is 9.88 Å². The van der Waals surface area contributed by atoms with Gasteiger partial charge in [-0.2, -0.15) is 0 Å². The van der Waals surface area contributed by atoms with E-state index in [2.05, 4.69) is 4.98 Å². The quantitative estimate of drug-likeness (QED) is 0.568. The van der Waals surface area contributed by atoms with Crippen LogP contribution in [0.25, 0.3) is 0 Å². The van der Waals surface area contributed by atoms with E-state index >= 15 is 0 Å². The third-order valence-electron chi connectivity index (χ3n) is 7.29. The van der Waals surface area contributed by atoms with Crippen LogP contribution in [0.3, 0.4) is 0 Å². The minimum absolute atomic E-state index is 0.0519.